The van der Waals surface area contributed by atoms with Crippen LogP contribution in [0.15, 0.2) is 24.3 Å². The maximum absolute atomic E-state index is 14.1. The summed E-state index contributed by atoms with van der Waals surface area (Å²) in [5.41, 5.74) is -2.09. The Balaban J connectivity index is 2.74. The van der Waals surface area contributed by atoms with Gasteiger partial charge in [0.15, 0.2) is 0 Å². The van der Waals surface area contributed by atoms with Crippen molar-refractivity contribution < 1.29 is 32.3 Å². The van der Waals surface area contributed by atoms with Gasteiger partial charge in [-0.25, -0.2) is 4.39 Å². The first-order chi connectivity index (χ1) is 10.4. The molecule has 0 spiro atoms. The predicted molar refractivity (Wildman–Crippen MR) is 74.4 cm³/mol. The van der Waals surface area contributed by atoms with Crippen molar-refractivity contribution in [3.63, 3.8) is 0 Å². The summed E-state index contributed by atoms with van der Waals surface area (Å²) in [6.45, 7) is 3.07. The summed E-state index contributed by atoms with van der Waals surface area (Å²) >= 11 is 0. The zero-order valence-electron chi connectivity index (χ0n) is 12.6. The highest BCUT2D eigenvalue weighted by Crippen LogP contribution is 2.30. The molecule has 23 heavy (non-hydrogen) atoms. The summed E-state index contributed by atoms with van der Waals surface area (Å²) in [6, 6.07) is 3.20. The number of aliphatic carboxylic acids is 1. The van der Waals surface area contributed by atoms with Crippen molar-refractivity contribution in [1.82, 2.24) is 5.32 Å². The first kappa shape index (κ1) is 18.9. The van der Waals surface area contributed by atoms with Crippen molar-refractivity contribution in [3.8, 4) is 0 Å². The number of carbonyl (C=O) groups excluding carboxylic acids is 1. The van der Waals surface area contributed by atoms with E-state index in [0.717, 1.165) is 12.1 Å². The molecule has 2 N–H and O–H groups in total. The summed E-state index contributed by atoms with van der Waals surface area (Å²) < 4.78 is 51.4. The molecule has 1 rings (SSSR count). The van der Waals surface area contributed by atoms with Crippen LogP contribution in [0.2, 0.25) is 0 Å². The fraction of sp³-hybridized carbons (Fsp3) is 0.467. The lowest BCUT2D eigenvalue weighted by molar-refractivity contribution is -0.138. The number of carboxylic acid groups (broad SMARTS) is 1. The standard InChI is InChI=1S/C15H17F4NO3/c1-14(2,8-7-11(21)22)20-13(23)12(16)9-3-5-10(6-4-9)15(17,18)19/h3-6,12H,7-8H2,1-2H3,(H,20,23)(H,21,22). The lowest BCUT2D eigenvalue weighted by Gasteiger charge is -2.26. The van der Waals surface area contributed by atoms with Crippen molar-refractivity contribution in [1.29, 1.82) is 0 Å². The molecule has 8 heteroatoms. The molecule has 0 aliphatic heterocycles. The number of amides is 1. The zero-order valence-corrected chi connectivity index (χ0v) is 12.6. The molecule has 0 aliphatic rings. The molecule has 0 aromatic heterocycles. The van der Waals surface area contributed by atoms with E-state index in [1.54, 1.807) is 0 Å². The number of benzene rings is 1. The predicted octanol–water partition coefficient (Wildman–Crippen LogP) is 3.48. The van der Waals surface area contributed by atoms with E-state index >= 15 is 0 Å². The molecular weight excluding hydrogens is 318 g/mol. The van der Waals surface area contributed by atoms with Gasteiger partial charge in [-0.2, -0.15) is 13.2 Å². The van der Waals surface area contributed by atoms with Gasteiger partial charge in [-0.1, -0.05) is 12.1 Å². The summed E-state index contributed by atoms with van der Waals surface area (Å²) in [5.74, 6) is -2.08. The first-order valence-electron chi connectivity index (χ1n) is 6.77. The number of hydrogen-bond acceptors (Lipinski definition) is 2. The molecule has 1 aromatic rings. The molecule has 4 nitrogen and oxygen atoms in total. The monoisotopic (exact) mass is 335 g/mol. The maximum Gasteiger partial charge on any atom is 0.416 e. The van der Waals surface area contributed by atoms with E-state index in [-0.39, 0.29) is 18.4 Å². The normalized spacial score (nSPS) is 13.5. The average Bonchev–Trinajstić information content (AvgIpc) is 2.43. The molecule has 0 bridgehead atoms. The van der Waals surface area contributed by atoms with Gasteiger partial charge in [0.1, 0.15) is 0 Å². The number of halogens is 4. The van der Waals surface area contributed by atoms with Crippen LogP contribution in [0.1, 0.15) is 44.0 Å². The molecule has 1 amide bonds. The van der Waals surface area contributed by atoms with E-state index in [0.29, 0.717) is 12.1 Å². The number of alkyl halides is 4. The van der Waals surface area contributed by atoms with Gasteiger partial charge in [0.25, 0.3) is 5.91 Å². The molecule has 0 saturated heterocycles. The smallest absolute Gasteiger partial charge is 0.416 e. The highest BCUT2D eigenvalue weighted by Gasteiger charge is 2.31. The van der Waals surface area contributed by atoms with Crippen LogP contribution < -0.4 is 5.32 Å². The number of carbonyl (C=O) groups is 2. The first-order valence-corrected chi connectivity index (χ1v) is 6.77. The van der Waals surface area contributed by atoms with Gasteiger partial charge in [0.05, 0.1) is 5.56 Å². The Bertz CT molecular complexity index is 567. The Labute approximate surface area is 130 Å². The van der Waals surface area contributed by atoms with E-state index in [9.17, 15) is 27.2 Å². The van der Waals surface area contributed by atoms with Gasteiger partial charge in [-0.05, 0) is 38.0 Å². The van der Waals surface area contributed by atoms with Gasteiger partial charge in [-0.3, -0.25) is 9.59 Å². The van der Waals surface area contributed by atoms with Gasteiger partial charge >= 0.3 is 12.1 Å². The number of hydrogen-bond donors (Lipinski definition) is 2. The minimum atomic E-state index is -4.54. The average molecular weight is 335 g/mol. The van der Waals surface area contributed by atoms with E-state index in [2.05, 4.69) is 5.32 Å². The molecule has 0 saturated carbocycles. The molecule has 0 radical (unpaired) electrons. The van der Waals surface area contributed by atoms with Crippen LogP contribution >= 0.6 is 0 Å². The fourth-order valence-corrected chi connectivity index (χ4v) is 1.87. The number of carboxylic acids is 1. The topological polar surface area (TPSA) is 66.4 Å². The van der Waals surface area contributed by atoms with Crippen molar-refractivity contribution in [3.05, 3.63) is 35.4 Å². The van der Waals surface area contributed by atoms with Crippen LogP contribution in [-0.4, -0.2) is 22.5 Å². The van der Waals surface area contributed by atoms with E-state index < -0.39 is 35.3 Å². The molecule has 0 heterocycles. The second-order valence-corrected chi connectivity index (χ2v) is 5.75. The maximum atomic E-state index is 14.1. The Morgan fingerprint density at radius 3 is 2.13 bits per heavy atom. The van der Waals surface area contributed by atoms with Gasteiger partial charge < -0.3 is 10.4 Å². The molecule has 128 valence electrons. The van der Waals surface area contributed by atoms with Crippen molar-refractivity contribution in [2.24, 2.45) is 0 Å². The SMILES string of the molecule is CC(C)(CCC(=O)O)NC(=O)C(F)c1ccc(C(F)(F)F)cc1. The second-order valence-electron chi connectivity index (χ2n) is 5.75. The summed E-state index contributed by atoms with van der Waals surface area (Å²) in [7, 11) is 0. The third kappa shape index (κ3) is 5.88. The Hall–Kier alpha value is -2.12. The minimum Gasteiger partial charge on any atom is -0.481 e. The van der Waals surface area contributed by atoms with Gasteiger partial charge in [0.2, 0.25) is 6.17 Å². The third-order valence-corrected chi connectivity index (χ3v) is 3.19. The van der Waals surface area contributed by atoms with Crippen molar-refractivity contribution >= 4 is 11.9 Å². The van der Waals surface area contributed by atoms with Crippen LogP contribution in [0.25, 0.3) is 0 Å². The van der Waals surface area contributed by atoms with Gasteiger partial charge in [-0.15, -0.1) is 0 Å². The summed E-state index contributed by atoms with van der Waals surface area (Å²) in [6.07, 6.45) is -6.79. The number of rotatable bonds is 6. The highest BCUT2D eigenvalue weighted by atomic mass is 19.4. The summed E-state index contributed by atoms with van der Waals surface area (Å²) in [5, 5.41) is 11.0. The Morgan fingerprint density at radius 2 is 1.70 bits per heavy atom. The van der Waals surface area contributed by atoms with Crippen LogP contribution in [0.4, 0.5) is 17.6 Å². The molecular formula is C15H17F4NO3. The van der Waals surface area contributed by atoms with Crippen LogP contribution in [0.3, 0.4) is 0 Å². The minimum absolute atomic E-state index is 0.0911. The van der Waals surface area contributed by atoms with Crippen LogP contribution in [-0.2, 0) is 15.8 Å². The molecule has 1 aromatic carbocycles. The fourth-order valence-electron chi connectivity index (χ4n) is 1.87. The lowest BCUT2D eigenvalue weighted by atomic mass is 9.97. The highest BCUT2D eigenvalue weighted by molar-refractivity contribution is 5.82. The van der Waals surface area contributed by atoms with Crippen LogP contribution in [0.5, 0.6) is 0 Å². The van der Waals surface area contributed by atoms with Crippen LogP contribution in [0, 0.1) is 0 Å². The van der Waals surface area contributed by atoms with Gasteiger partial charge in [0, 0.05) is 12.0 Å². The second kappa shape index (κ2) is 6.97. The summed E-state index contributed by atoms with van der Waals surface area (Å²) in [4.78, 5) is 22.4. The Kier molecular flexibility index (Phi) is 5.74. The molecule has 1 unspecified atom stereocenters. The third-order valence-electron chi connectivity index (χ3n) is 3.19. The van der Waals surface area contributed by atoms with E-state index in [1.807, 2.05) is 0 Å². The molecule has 0 aliphatic carbocycles. The number of nitrogens with one attached hydrogen (secondary N) is 1. The lowest BCUT2D eigenvalue weighted by Crippen LogP contribution is -2.45. The van der Waals surface area contributed by atoms with Crippen molar-refractivity contribution in [2.75, 3.05) is 0 Å². The largest absolute Gasteiger partial charge is 0.481 e. The van der Waals surface area contributed by atoms with E-state index in [4.69, 9.17) is 5.11 Å². The molecule has 1 atom stereocenters. The quantitative estimate of drug-likeness (QED) is 0.782. The molecule has 0 fully saturated rings. The zero-order chi connectivity index (χ0) is 17.8. The van der Waals surface area contributed by atoms with Crippen molar-refractivity contribution in [2.45, 2.75) is 44.6 Å². The Morgan fingerprint density at radius 1 is 1.17 bits per heavy atom. The van der Waals surface area contributed by atoms with E-state index in [1.165, 1.54) is 13.8 Å².